The summed E-state index contributed by atoms with van der Waals surface area (Å²) in [4.78, 5) is 4.17. The van der Waals surface area contributed by atoms with Crippen molar-refractivity contribution < 1.29 is 9.50 Å². The fourth-order valence-electron chi connectivity index (χ4n) is 2.66. The molecule has 0 unspecified atom stereocenters. The Kier molecular flexibility index (Phi) is 5.06. The Bertz CT molecular complexity index is 750. The van der Waals surface area contributed by atoms with Crippen LogP contribution < -0.4 is 10.2 Å². The van der Waals surface area contributed by atoms with Crippen molar-refractivity contribution in [1.29, 1.82) is 0 Å². The Hall–Kier alpha value is -2.05. The van der Waals surface area contributed by atoms with Crippen molar-refractivity contribution in [3.63, 3.8) is 0 Å². The van der Waals surface area contributed by atoms with Crippen LogP contribution in [-0.2, 0) is 0 Å². The standard InChI is InChI=1S/C17H17ClFN3OS/c18-13-11-12(5-6-14(13)19)20-17(24)22-9-7-21(8-10-22)15-3-1-2-4-16(15)23/h1-6,11,23H,7-10H2,(H,20,24). The first-order valence-corrected chi connectivity index (χ1v) is 8.37. The molecule has 2 aromatic rings. The van der Waals surface area contributed by atoms with E-state index in [0.29, 0.717) is 10.8 Å². The minimum atomic E-state index is -0.454. The average molecular weight is 366 g/mol. The predicted octanol–water partition coefficient (Wildman–Crippen LogP) is 3.70. The number of para-hydroxylation sites is 2. The van der Waals surface area contributed by atoms with Gasteiger partial charge < -0.3 is 20.2 Å². The van der Waals surface area contributed by atoms with Crippen molar-refractivity contribution in [2.45, 2.75) is 0 Å². The first kappa shape index (κ1) is 16.8. The molecule has 1 saturated heterocycles. The molecule has 2 N–H and O–H groups in total. The van der Waals surface area contributed by atoms with Gasteiger partial charge in [-0.15, -0.1) is 0 Å². The highest BCUT2D eigenvalue weighted by Gasteiger charge is 2.20. The van der Waals surface area contributed by atoms with Crippen LogP contribution in [0.4, 0.5) is 15.8 Å². The van der Waals surface area contributed by atoms with Crippen molar-refractivity contribution >= 4 is 40.3 Å². The quantitative estimate of drug-likeness (QED) is 0.794. The molecule has 4 nitrogen and oxygen atoms in total. The number of nitrogens with one attached hydrogen (secondary N) is 1. The van der Waals surface area contributed by atoms with Gasteiger partial charge in [0.2, 0.25) is 0 Å². The second-order valence-electron chi connectivity index (χ2n) is 5.52. The van der Waals surface area contributed by atoms with Crippen molar-refractivity contribution in [2.75, 3.05) is 36.4 Å². The Labute approximate surface area is 150 Å². The highest BCUT2D eigenvalue weighted by molar-refractivity contribution is 7.80. The molecule has 0 spiro atoms. The van der Waals surface area contributed by atoms with Gasteiger partial charge in [0, 0.05) is 31.9 Å². The smallest absolute Gasteiger partial charge is 0.173 e. The average Bonchev–Trinajstić information content (AvgIpc) is 2.59. The third-order valence-electron chi connectivity index (χ3n) is 3.96. The number of hydrogen-bond acceptors (Lipinski definition) is 3. The molecular formula is C17H17ClFN3OS. The summed E-state index contributed by atoms with van der Waals surface area (Å²) in [6.07, 6.45) is 0. The molecule has 1 aliphatic heterocycles. The Morgan fingerprint density at radius 3 is 2.50 bits per heavy atom. The van der Waals surface area contributed by atoms with Gasteiger partial charge in [-0.05, 0) is 42.5 Å². The van der Waals surface area contributed by atoms with E-state index in [9.17, 15) is 9.50 Å². The largest absolute Gasteiger partial charge is 0.506 e. The first-order chi connectivity index (χ1) is 11.5. The van der Waals surface area contributed by atoms with Gasteiger partial charge in [-0.25, -0.2) is 4.39 Å². The SMILES string of the molecule is Oc1ccccc1N1CCN(C(=S)Nc2ccc(F)c(Cl)c2)CC1. The van der Waals surface area contributed by atoms with Crippen LogP contribution in [0.15, 0.2) is 42.5 Å². The zero-order valence-electron chi connectivity index (χ0n) is 12.9. The van der Waals surface area contributed by atoms with Crippen LogP contribution in [0.25, 0.3) is 0 Å². The molecule has 0 atom stereocenters. The van der Waals surface area contributed by atoms with Crippen LogP contribution in [0.1, 0.15) is 0 Å². The lowest BCUT2D eigenvalue weighted by Crippen LogP contribution is -2.50. The highest BCUT2D eigenvalue weighted by Crippen LogP contribution is 2.27. The van der Waals surface area contributed by atoms with Gasteiger partial charge >= 0.3 is 0 Å². The third-order valence-corrected chi connectivity index (χ3v) is 4.61. The van der Waals surface area contributed by atoms with Crippen molar-refractivity contribution in [1.82, 2.24) is 4.90 Å². The van der Waals surface area contributed by atoms with Crippen molar-refractivity contribution in [3.05, 3.63) is 53.3 Å². The minimum absolute atomic E-state index is 0.0622. The number of rotatable bonds is 2. The van der Waals surface area contributed by atoms with Gasteiger partial charge in [0.15, 0.2) is 5.11 Å². The molecular weight excluding hydrogens is 349 g/mol. The number of hydrogen-bond donors (Lipinski definition) is 2. The molecule has 1 fully saturated rings. The normalized spacial score (nSPS) is 14.6. The van der Waals surface area contributed by atoms with Crippen LogP contribution in [0.5, 0.6) is 5.75 Å². The van der Waals surface area contributed by atoms with Crippen molar-refractivity contribution in [3.8, 4) is 5.75 Å². The zero-order chi connectivity index (χ0) is 17.1. The summed E-state index contributed by atoms with van der Waals surface area (Å²) in [6.45, 7) is 2.97. The summed E-state index contributed by atoms with van der Waals surface area (Å²) in [5.41, 5.74) is 1.50. The molecule has 126 valence electrons. The second kappa shape index (κ2) is 7.23. The minimum Gasteiger partial charge on any atom is -0.506 e. The Balaban J connectivity index is 1.59. The lowest BCUT2D eigenvalue weighted by atomic mass is 10.2. The van der Waals surface area contributed by atoms with Crippen LogP contribution >= 0.6 is 23.8 Å². The summed E-state index contributed by atoms with van der Waals surface area (Å²) >= 11 is 11.2. The molecule has 24 heavy (non-hydrogen) atoms. The molecule has 7 heteroatoms. The monoisotopic (exact) mass is 365 g/mol. The number of aromatic hydroxyl groups is 1. The number of thiocarbonyl (C=S) groups is 1. The van der Waals surface area contributed by atoms with Gasteiger partial charge in [-0.2, -0.15) is 0 Å². The number of phenols is 1. The molecule has 0 radical (unpaired) electrons. The second-order valence-corrected chi connectivity index (χ2v) is 6.32. The topological polar surface area (TPSA) is 38.7 Å². The highest BCUT2D eigenvalue weighted by atomic mass is 35.5. The van der Waals surface area contributed by atoms with Gasteiger partial charge in [0.1, 0.15) is 11.6 Å². The van der Waals surface area contributed by atoms with E-state index in [1.165, 1.54) is 12.1 Å². The third kappa shape index (κ3) is 3.71. The molecule has 0 bridgehead atoms. The summed E-state index contributed by atoms with van der Waals surface area (Å²) in [7, 11) is 0. The van der Waals surface area contributed by atoms with E-state index in [1.54, 1.807) is 12.1 Å². The number of benzene rings is 2. The Morgan fingerprint density at radius 1 is 1.12 bits per heavy atom. The van der Waals surface area contributed by atoms with E-state index in [2.05, 4.69) is 10.2 Å². The maximum Gasteiger partial charge on any atom is 0.173 e. The number of piperazine rings is 1. The molecule has 0 aliphatic carbocycles. The number of anilines is 2. The zero-order valence-corrected chi connectivity index (χ0v) is 14.4. The fraction of sp³-hybridized carbons (Fsp3) is 0.235. The maximum atomic E-state index is 13.2. The first-order valence-electron chi connectivity index (χ1n) is 7.58. The van der Waals surface area contributed by atoms with E-state index in [4.69, 9.17) is 23.8 Å². The molecule has 3 rings (SSSR count). The van der Waals surface area contributed by atoms with E-state index in [1.807, 2.05) is 23.1 Å². The number of nitrogens with zero attached hydrogens (tertiary/aromatic N) is 2. The lowest BCUT2D eigenvalue weighted by Gasteiger charge is -2.37. The summed E-state index contributed by atoms with van der Waals surface area (Å²) in [5, 5.41) is 13.7. The van der Waals surface area contributed by atoms with Gasteiger partial charge in [-0.1, -0.05) is 23.7 Å². The van der Waals surface area contributed by atoms with Gasteiger partial charge in [0.25, 0.3) is 0 Å². The molecule has 0 saturated carbocycles. The fourth-order valence-corrected chi connectivity index (χ4v) is 3.14. The van der Waals surface area contributed by atoms with E-state index in [0.717, 1.165) is 31.9 Å². The van der Waals surface area contributed by atoms with E-state index < -0.39 is 5.82 Å². The lowest BCUT2D eigenvalue weighted by molar-refractivity contribution is 0.387. The molecule has 2 aromatic carbocycles. The molecule has 0 aromatic heterocycles. The summed E-state index contributed by atoms with van der Waals surface area (Å²) < 4.78 is 13.2. The molecule has 0 amide bonds. The van der Waals surface area contributed by atoms with Crippen LogP contribution in [0, 0.1) is 5.82 Å². The van der Waals surface area contributed by atoms with Gasteiger partial charge in [0.05, 0.1) is 10.7 Å². The number of phenolic OH excluding ortho intramolecular Hbond substituents is 1. The maximum absolute atomic E-state index is 13.2. The number of halogens is 2. The molecule has 1 heterocycles. The van der Waals surface area contributed by atoms with Crippen LogP contribution in [0.2, 0.25) is 5.02 Å². The predicted molar refractivity (Wildman–Crippen MR) is 99.5 cm³/mol. The van der Waals surface area contributed by atoms with Crippen LogP contribution in [-0.4, -0.2) is 41.3 Å². The summed E-state index contributed by atoms with van der Waals surface area (Å²) in [5.74, 6) is -0.169. The van der Waals surface area contributed by atoms with E-state index >= 15 is 0 Å². The van der Waals surface area contributed by atoms with E-state index in [-0.39, 0.29) is 10.8 Å². The van der Waals surface area contributed by atoms with Gasteiger partial charge in [-0.3, -0.25) is 0 Å². The summed E-state index contributed by atoms with van der Waals surface area (Å²) in [6, 6.07) is 11.7. The van der Waals surface area contributed by atoms with Crippen molar-refractivity contribution in [2.24, 2.45) is 0 Å². The Morgan fingerprint density at radius 2 is 1.83 bits per heavy atom. The molecule has 1 aliphatic rings. The van der Waals surface area contributed by atoms with Crippen LogP contribution in [0.3, 0.4) is 0 Å².